The first-order valence-corrected chi connectivity index (χ1v) is 6.27. The molecule has 3 rings (SSSR count). The van der Waals surface area contributed by atoms with Crippen LogP contribution in [0.2, 0.25) is 0 Å². The van der Waals surface area contributed by atoms with Gasteiger partial charge < -0.3 is 10.6 Å². The van der Waals surface area contributed by atoms with Gasteiger partial charge in [0.05, 0.1) is 5.92 Å². The third-order valence-electron chi connectivity index (χ3n) is 3.69. The van der Waals surface area contributed by atoms with Crippen molar-refractivity contribution in [3.63, 3.8) is 0 Å². The Morgan fingerprint density at radius 2 is 1.94 bits per heavy atom. The second-order valence-corrected chi connectivity index (χ2v) is 4.87. The summed E-state index contributed by atoms with van der Waals surface area (Å²) in [4.78, 5) is 13.4. The SMILES string of the molecule is NC(=O)C1CCN(c2ccc3ccccc3c2)C1. The first kappa shape index (κ1) is 11.1. The average molecular weight is 240 g/mol. The summed E-state index contributed by atoms with van der Waals surface area (Å²) in [5, 5.41) is 2.48. The highest BCUT2D eigenvalue weighted by Gasteiger charge is 2.26. The summed E-state index contributed by atoms with van der Waals surface area (Å²) in [6, 6.07) is 14.7. The first-order valence-electron chi connectivity index (χ1n) is 6.27. The molecule has 18 heavy (non-hydrogen) atoms. The molecule has 2 N–H and O–H groups in total. The third kappa shape index (κ3) is 1.92. The van der Waals surface area contributed by atoms with E-state index < -0.39 is 0 Å². The largest absolute Gasteiger partial charge is 0.371 e. The Hall–Kier alpha value is -2.03. The van der Waals surface area contributed by atoms with Crippen molar-refractivity contribution in [2.24, 2.45) is 11.7 Å². The lowest BCUT2D eigenvalue weighted by atomic mass is 10.1. The molecular weight excluding hydrogens is 224 g/mol. The van der Waals surface area contributed by atoms with E-state index in [1.807, 2.05) is 12.1 Å². The Labute approximate surface area is 106 Å². The maximum absolute atomic E-state index is 11.2. The number of anilines is 1. The standard InChI is InChI=1S/C15H16N2O/c16-15(18)13-7-8-17(10-13)14-6-5-11-3-1-2-4-12(11)9-14/h1-6,9,13H,7-8,10H2,(H2,16,18). The van der Waals surface area contributed by atoms with Crippen LogP contribution in [0.15, 0.2) is 42.5 Å². The first-order chi connectivity index (χ1) is 8.74. The van der Waals surface area contributed by atoms with E-state index in [4.69, 9.17) is 5.73 Å². The van der Waals surface area contributed by atoms with Crippen LogP contribution in [-0.4, -0.2) is 19.0 Å². The molecule has 0 saturated carbocycles. The van der Waals surface area contributed by atoms with Crippen LogP contribution in [0.25, 0.3) is 10.8 Å². The van der Waals surface area contributed by atoms with Crippen molar-refractivity contribution in [1.29, 1.82) is 0 Å². The number of amides is 1. The number of carbonyl (C=O) groups excluding carboxylic acids is 1. The van der Waals surface area contributed by atoms with Gasteiger partial charge >= 0.3 is 0 Å². The van der Waals surface area contributed by atoms with Crippen molar-refractivity contribution >= 4 is 22.4 Å². The lowest BCUT2D eigenvalue weighted by Crippen LogP contribution is -2.27. The van der Waals surface area contributed by atoms with Gasteiger partial charge in [0.1, 0.15) is 0 Å². The van der Waals surface area contributed by atoms with Gasteiger partial charge in [0.25, 0.3) is 0 Å². The fraction of sp³-hybridized carbons (Fsp3) is 0.267. The van der Waals surface area contributed by atoms with Crippen LogP contribution in [0.1, 0.15) is 6.42 Å². The molecule has 0 aromatic heterocycles. The number of nitrogens with two attached hydrogens (primary N) is 1. The van der Waals surface area contributed by atoms with E-state index in [1.54, 1.807) is 0 Å². The van der Waals surface area contributed by atoms with Crippen molar-refractivity contribution in [3.05, 3.63) is 42.5 Å². The maximum Gasteiger partial charge on any atom is 0.222 e. The molecule has 1 aliphatic rings. The summed E-state index contributed by atoms with van der Waals surface area (Å²) >= 11 is 0. The predicted octanol–water partition coefficient (Wildman–Crippen LogP) is 2.15. The Morgan fingerprint density at radius 3 is 2.67 bits per heavy atom. The van der Waals surface area contributed by atoms with Crippen LogP contribution in [-0.2, 0) is 4.79 Å². The number of primary amides is 1. The van der Waals surface area contributed by atoms with Gasteiger partial charge in [0.15, 0.2) is 0 Å². The van der Waals surface area contributed by atoms with Gasteiger partial charge in [0, 0.05) is 18.8 Å². The summed E-state index contributed by atoms with van der Waals surface area (Å²) in [5.74, 6) is -0.185. The lowest BCUT2D eigenvalue weighted by Gasteiger charge is -2.18. The van der Waals surface area contributed by atoms with Gasteiger partial charge in [-0.15, -0.1) is 0 Å². The van der Waals surface area contributed by atoms with E-state index in [0.717, 1.165) is 19.5 Å². The molecule has 1 unspecified atom stereocenters. The second kappa shape index (κ2) is 4.33. The molecule has 1 saturated heterocycles. The average Bonchev–Trinajstić information content (AvgIpc) is 2.88. The Morgan fingerprint density at radius 1 is 1.17 bits per heavy atom. The highest BCUT2D eigenvalue weighted by molar-refractivity contribution is 5.86. The van der Waals surface area contributed by atoms with Crippen molar-refractivity contribution in [2.75, 3.05) is 18.0 Å². The van der Waals surface area contributed by atoms with Crippen molar-refractivity contribution in [2.45, 2.75) is 6.42 Å². The normalized spacial score (nSPS) is 19.3. The molecular formula is C15H16N2O. The molecule has 0 spiro atoms. The topological polar surface area (TPSA) is 46.3 Å². The quantitative estimate of drug-likeness (QED) is 0.874. The number of hydrogen-bond acceptors (Lipinski definition) is 2. The summed E-state index contributed by atoms with van der Waals surface area (Å²) in [6.07, 6.45) is 0.863. The summed E-state index contributed by atoms with van der Waals surface area (Å²) in [5.41, 5.74) is 6.54. The summed E-state index contributed by atoms with van der Waals surface area (Å²) < 4.78 is 0. The van der Waals surface area contributed by atoms with E-state index in [9.17, 15) is 4.79 Å². The Kier molecular flexibility index (Phi) is 2.67. The number of rotatable bonds is 2. The molecule has 3 nitrogen and oxygen atoms in total. The van der Waals surface area contributed by atoms with Gasteiger partial charge in [-0.3, -0.25) is 4.79 Å². The fourth-order valence-corrected chi connectivity index (χ4v) is 2.60. The highest BCUT2D eigenvalue weighted by atomic mass is 16.1. The minimum Gasteiger partial charge on any atom is -0.371 e. The van der Waals surface area contributed by atoms with Crippen molar-refractivity contribution in [3.8, 4) is 0 Å². The molecule has 2 aromatic rings. The Balaban J connectivity index is 1.89. The van der Waals surface area contributed by atoms with Crippen molar-refractivity contribution < 1.29 is 4.79 Å². The van der Waals surface area contributed by atoms with E-state index in [1.165, 1.54) is 16.5 Å². The molecule has 0 bridgehead atoms. The zero-order valence-corrected chi connectivity index (χ0v) is 10.2. The predicted molar refractivity (Wildman–Crippen MR) is 73.5 cm³/mol. The molecule has 0 radical (unpaired) electrons. The molecule has 1 amide bonds. The van der Waals surface area contributed by atoms with Crippen LogP contribution in [0.5, 0.6) is 0 Å². The Bertz CT molecular complexity index is 594. The smallest absolute Gasteiger partial charge is 0.222 e. The van der Waals surface area contributed by atoms with E-state index >= 15 is 0 Å². The number of benzene rings is 2. The third-order valence-corrected chi connectivity index (χ3v) is 3.69. The van der Waals surface area contributed by atoms with Gasteiger partial charge in [0.2, 0.25) is 5.91 Å². The second-order valence-electron chi connectivity index (χ2n) is 4.87. The van der Waals surface area contributed by atoms with E-state index in [0.29, 0.717) is 0 Å². The van der Waals surface area contributed by atoms with Crippen LogP contribution in [0, 0.1) is 5.92 Å². The molecule has 1 aliphatic heterocycles. The maximum atomic E-state index is 11.2. The van der Waals surface area contributed by atoms with Gasteiger partial charge in [-0.1, -0.05) is 30.3 Å². The molecule has 1 fully saturated rings. The fourth-order valence-electron chi connectivity index (χ4n) is 2.60. The van der Waals surface area contributed by atoms with Crippen LogP contribution >= 0.6 is 0 Å². The molecule has 92 valence electrons. The van der Waals surface area contributed by atoms with Crippen molar-refractivity contribution in [1.82, 2.24) is 0 Å². The monoisotopic (exact) mass is 240 g/mol. The minimum atomic E-state index is -0.182. The number of carbonyl (C=O) groups is 1. The van der Waals surface area contributed by atoms with E-state index in [-0.39, 0.29) is 11.8 Å². The van der Waals surface area contributed by atoms with Gasteiger partial charge in [-0.05, 0) is 29.3 Å². The zero-order valence-electron chi connectivity index (χ0n) is 10.2. The molecule has 3 heteroatoms. The summed E-state index contributed by atoms with van der Waals surface area (Å²) in [6.45, 7) is 1.65. The molecule has 1 atom stereocenters. The number of hydrogen-bond donors (Lipinski definition) is 1. The summed E-state index contributed by atoms with van der Waals surface area (Å²) in [7, 11) is 0. The van der Waals surface area contributed by atoms with Crippen LogP contribution in [0.4, 0.5) is 5.69 Å². The van der Waals surface area contributed by atoms with Gasteiger partial charge in [-0.25, -0.2) is 0 Å². The number of nitrogens with zero attached hydrogens (tertiary/aromatic N) is 1. The van der Waals surface area contributed by atoms with Crippen LogP contribution < -0.4 is 10.6 Å². The zero-order chi connectivity index (χ0) is 12.5. The van der Waals surface area contributed by atoms with E-state index in [2.05, 4.69) is 35.2 Å². The minimum absolute atomic E-state index is 0.00327. The van der Waals surface area contributed by atoms with Crippen LogP contribution in [0.3, 0.4) is 0 Å². The molecule has 0 aliphatic carbocycles. The molecule has 1 heterocycles. The number of fused-ring (bicyclic) bond motifs is 1. The lowest BCUT2D eigenvalue weighted by molar-refractivity contribution is -0.121. The highest BCUT2D eigenvalue weighted by Crippen LogP contribution is 2.27. The van der Waals surface area contributed by atoms with Gasteiger partial charge in [-0.2, -0.15) is 0 Å². The molecule has 2 aromatic carbocycles.